The maximum atomic E-state index is 11.8. The topological polar surface area (TPSA) is 41.9 Å². The van der Waals surface area contributed by atoms with E-state index in [0.29, 0.717) is 11.4 Å². The molecule has 1 heterocycles. The van der Waals surface area contributed by atoms with Crippen molar-refractivity contribution in [3.05, 3.63) is 64.7 Å². The van der Waals surface area contributed by atoms with Crippen LogP contribution in [0.2, 0.25) is 5.02 Å². The number of nitrogens with zero attached hydrogens (tertiary/aromatic N) is 1. The Morgan fingerprint density at radius 1 is 1.11 bits per heavy atom. The summed E-state index contributed by atoms with van der Waals surface area (Å²) in [5.74, 6) is 0.708. The molecule has 1 aliphatic heterocycles. The molecule has 1 saturated heterocycles. The third kappa shape index (κ3) is 4.64. The maximum absolute atomic E-state index is 11.8. The van der Waals surface area contributed by atoms with Gasteiger partial charge in [0.15, 0.2) is 0 Å². The number of hydrogen-bond donors (Lipinski definition) is 1. The van der Waals surface area contributed by atoms with E-state index in [4.69, 9.17) is 21.1 Å². The van der Waals surface area contributed by atoms with Gasteiger partial charge in [0.05, 0.1) is 25.9 Å². The van der Waals surface area contributed by atoms with Gasteiger partial charge in [-0.15, -0.1) is 0 Å². The first-order valence-corrected chi connectivity index (χ1v) is 9.87. The highest BCUT2D eigenvalue weighted by Crippen LogP contribution is 2.41. The van der Waals surface area contributed by atoms with E-state index in [1.165, 1.54) is 0 Å². The van der Waals surface area contributed by atoms with Gasteiger partial charge in [0.1, 0.15) is 5.75 Å². The second kappa shape index (κ2) is 9.07. The van der Waals surface area contributed by atoms with Gasteiger partial charge in [-0.05, 0) is 41.8 Å². The maximum Gasteiger partial charge on any atom is 0.118 e. The fourth-order valence-electron chi connectivity index (χ4n) is 3.80. The fourth-order valence-corrected chi connectivity index (χ4v) is 3.93. The first-order chi connectivity index (χ1) is 13.1. The van der Waals surface area contributed by atoms with E-state index in [1.54, 1.807) is 7.11 Å². The molecule has 146 valence electrons. The molecule has 1 fully saturated rings. The first kappa shape index (κ1) is 20.2. The molecule has 2 aromatic rings. The van der Waals surface area contributed by atoms with Gasteiger partial charge in [-0.2, -0.15) is 0 Å². The predicted octanol–water partition coefficient (Wildman–Crippen LogP) is 4.06. The molecule has 4 nitrogen and oxygen atoms in total. The lowest BCUT2D eigenvalue weighted by molar-refractivity contribution is -0.0250. The van der Waals surface area contributed by atoms with Crippen molar-refractivity contribution >= 4 is 11.6 Å². The van der Waals surface area contributed by atoms with Crippen LogP contribution in [0.5, 0.6) is 5.75 Å². The second-order valence-electron chi connectivity index (χ2n) is 7.02. The van der Waals surface area contributed by atoms with Crippen LogP contribution < -0.4 is 4.74 Å². The SMILES string of the molecule is CC[C@@](O)(c1ccc(OC)cc1)[C@H](CN1CCOCC1)c1ccc(Cl)cc1. The molecule has 2 atom stereocenters. The van der Waals surface area contributed by atoms with E-state index in [0.717, 1.165) is 49.7 Å². The number of aliphatic hydroxyl groups is 1. The molecule has 0 saturated carbocycles. The Morgan fingerprint density at radius 2 is 1.74 bits per heavy atom. The summed E-state index contributed by atoms with van der Waals surface area (Å²) in [4.78, 5) is 2.37. The summed E-state index contributed by atoms with van der Waals surface area (Å²) in [5, 5.41) is 12.5. The van der Waals surface area contributed by atoms with Gasteiger partial charge in [0.2, 0.25) is 0 Å². The number of benzene rings is 2. The molecule has 5 heteroatoms. The minimum absolute atomic E-state index is 0.0775. The number of rotatable bonds is 7. The van der Waals surface area contributed by atoms with Crippen molar-refractivity contribution in [2.24, 2.45) is 0 Å². The number of halogens is 1. The molecule has 0 aliphatic carbocycles. The third-order valence-electron chi connectivity index (χ3n) is 5.52. The Morgan fingerprint density at radius 3 is 2.30 bits per heavy atom. The van der Waals surface area contributed by atoms with Crippen LogP contribution >= 0.6 is 11.6 Å². The third-order valence-corrected chi connectivity index (χ3v) is 5.77. The Bertz CT molecular complexity index is 713. The minimum Gasteiger partial charge on any atom is -0.497 e. The molecule has 2 aromatic carbocycles. The molecular weight excluding hydrogens is 362 g/mol. The number of methoxy groups -OCH3 is 1. The van der Waals surface area contributed by atoms with Gasteiger partial charge in [-0.25, -0.2) is 0 Å². The smallest absolute Gasteiger partial charge is 0.118 e. The zero-order valence-electron chi connectivity index (χ0n) is 16.0. The number of hydrogen-bond acceptors (Lipinski definition) is 4. The van der Waals surface area contributed by atoms with Crippen LogP contribution in [0.25, 0.3) is 0 Å². The van der Waals surface area contributed by atoms with Crippen LogP contribution in [0.15, 0.2) is 48.5 Å². The lowest BCUT2D eigenvalue weighted by Crippen LogP contribution is -2.44. The van der Waals surface area contributed by atoms with E-state index < -0.39 is 5.60 Å². The van der Waals surface area contributed by atoms with E-state index in [2.05, 4.69) is 4.90 Å². The van der Waals surface area contributed by atoms with E-state index in [1.807, 2.05) is 55.5 Å². The average Bonchev–Trinajstić information content (AvgIpc) is 2.73. The highest BCUT2D eigenvalue weighted by molar-refractivity contribution is 6.30. The Hall–Kier alpha value is -1.59. The molecule has 0 amide bonds. The molecule has 3 rings (SSSR count). The van der Waals surface area contributed by atoms with Crippen LogP contribution in [0.3, 0.4) is 0 Å². The molecule has 0 spiro atoms. The van der Waals surface area contributed by atoms with Crippen LogP contribution in [-0.4, -0.2) is 50.0 Å². The molecule has 0 bridgehead atoms. The quantitative estimate of drug-likeness (QED) is 0.775. The van der Waals surface area contributed by atoms with E-state index in [9.17, 15) is 5.11 Å². The van der Waals surface area contributed by atoms with Crippen molar-refractivity contribution < 1.29 is 14.6 Å². The Labute approximate surface area is 166 Å². The molecule has 0 radical (unpaired) electrons. The molecule has 1 N–H and O–H groups in total. The zero-order chi connectivity index (χ0) is 19.3. The van der Waals surface area contributed by atoms with Gasteiger partial charge in [-0.1, -0.05) is 42.8 Å². The van der Waals surface area contributed by atoms with Gasteiger partial charge in [-0.3, -0.25) is 4.90 Å². The van der Waals surface area contributed by atoms with Crippen molar-refractivity contribution in [2.75, 3.05) is 40.0 Å². The molecule has 1 aliphatic rings. The van der Waals surface area contributed by atoms with Gasteiger partial charge < -0.3 is 14.6 Å². The summed E-state index contributed by atoms with van der Waals surface area (Å²) in [6.07, 6.45) is 0.608. The molecule has 0 aromatic heterocycles. The monoisotopic (exact) mass is 389 g/mol. The largest absolute Gasteiger partial charge is 0.497 e. The summed E-state index contributed by atoms with van der Waals surface area (Å²) in [7, 11) is 1.65. The summed E-state index contributed by atoms with van der Waals surface area (Å²) in [5.41, 5.74) is 1.00. The van der Waals surface area contributed by atoms with E-state index in [-0.39, 0.29) is 5.92 Å². The lowest BCUT2D eigenvalue weighted by atomic mass is 9.75. The van der Waals surface area contributed by atoms with E-state index >= 15 is 0 Å². The lowest BCUT2D eigenvalue weighted by Gasteiger charge is -2.40. The molecule has 27 heavy (non-hydrogen) atoms. The summed E-state index contributed by atoms with van der Waals surface area (Å²) in [6.45, 7) is 6.04. The Balaban J connectivity index is 1.97. The van der Waals surface area contributed by atoms with Gasteiger partial charge in [0.25, 0.3) is 0 Å². The van der Waals surface area contributed by atoms with Crippen LogP contribution in [0.4, 0.5) is 0 Å². The summed E-state index contributed by atoms with van der Waals surface area (Å²) >= 11 is 6.10. The van der Waals surface area contributed by atoms with Crippen molar-refractivity contribution in [1.29, 1.82) is 0 Å². The average molecular weight is 390 g/mol. The van der Waals surface area contributed by atoms with Gasteiger partial charge in [0, 0.05) is 30.6 Å². The van der Waals surface area contributed by atoms with Gasteiger partial charge >= 0.3 is 0 Å². The first-order valence-electron chi connectivity index (χ1n) is 9.49. The zero-order valence-corrected chi connectivity index (χ0v) is 16.8. The van der Waals surface area contributed by atoms with Crippen LogP contribution in [0, 0.1) is 0 Å². The summed E-state index contributed by atoms with van der Waals surface area (Å²) in [6, 6.07) is 15.6. The number of ether oxygens (including phenoxy) is 2. The van der Waals surface area contributed by atoms with Crippen LogP contribution in [-0.2, 0) is 10.3 Å². The molecule has 0 unspecified atom stereocenters. The Kier molecular flexibility index (Phi) is 6.77. The van der Waals surface area contributed by atoms with Crippen molar-refractivity contribution in [1.82, 2.24) is 4.90 Å². The number of morpholine rings is 1. The van der Waals surface area contributed by atoms with Crippen molar-refractivity contribution in [3.63, 3.8) is 0 Å². The summed E-state index contributed by atoms with van der Waals surface area (Å²) < 4.78 is 10.8. The van der Waals surface area contributed by atoms with Crippen molar-refractivity contribution in [3.8, 4) is 5.75 Å². The van der Waals surface area contributed by atoms with Crippen molar-refractivity contribution in [2.45, 2.75) is 24.9 Å². The highest BCUT2D eigenvalue weighted by Gasteiger charge is 2.39. The fraction of sp³-hybridized carbons (Fsp3) is 0.455. The van der Waals surface area contributed by atoms with Crippen LogP contribution in [0.1, 0.15) is 30.4 Å². The predicted molar refractivity (Wildman–Crippen MR) is 109 cm³/mol. The molecular formula is C22H28ClNO3. The second-order valence-corrected chi connectivity index (χ2v) is 7.46. The normalized spacial score (nSPS) is 18.7. The highest BCUT2D eigenvalue weighted by atomic mass is 35.5. The standard InChI is InChI=1S/C22H28ClNO3/c1-3-22(25,18-6-10-20(26-2)11-7-18)21(16-24-12-14-27-15-13-24)17-4-8-19(23)9-5-17/h4-11,21,25H,3,12-16H2,1-2H3/t21-,22-/m1/s1. The minimum atomic E-state index is -0.988.